The van der Waals surface area contributed by atoms with Gasteiger partial charge < -0.3 is 10.3 Å². The van der Waals surface area contributed by atoms with Crippen molar-refractivity contribution in [2.75, 3.05) is 6.54 Å². The van der Waals surface area contributed by atoms with Crippen LogP contribution in [0.25, 0.3) is 10.9 Å². The van der Waals surface area contributed by atoms with Crippen molar-refractivity contribution in [2.24, 2.45) is 0 Å². The van der Waals surface area contributed by atoms with Crippen molar-refractivity contribution in [1.29, 1.82) is 0 Å². The number of carbonyl (C=O) groups excluding carboxylic acids is 1. The first-order chi connectivity index (χ1) is 16.7. The molecule has 35 heavy (non-hydrogen) atoms. The third kappa shape index (κ3) is 6.02. The first-order valence-electron chi connectivity index (χ1n) is 10.8. The minimum atomic E-state index is -4.18. The van der Waals surface area contributed by atoms with Gasteiger partial charge in [-0.05, 0) is 54.3 Å². The molecule has 0 radical (unpaired) electrons. The van der Waals surface area contributed by atoms with Crippen LogP contribution >= 0.6 is 23.2 Å². The minimum absolute atomic E-state index is 0.0893. The maximum atomic E-state index is 13.2. The Balaban J connectivity index is 1.56. The molecule has 10 heteroatoms. The van der Waals surface area contributed by atoms with Gasteiger partial charge in [-0.1, -0.05) is 59.6 Å². The quantitative estimate of drug-likeness (QED) is 0.287. The number of hydrogen-bond donors (Lipinski definition) is 3. The lowest BCUT2D eigenvalue weighted by Crippen LogP contribution is -2.48. The van der Waals surface area contributed by atoms with E-state index in [1.54, 1.807) is 18.3 Å². The van der Waals surface area contributed by atoms with E-state index in [1.807, 2.05) is 24.3 Å². The number of hydrogen-bond acceptors (Lipinski definition) is 3. The highest BCUT2D eigenvalue weighted by Crippen LogP contribution is 2.29. The van der Waals surface area contributed by atoms with Crippen molar-refractivity contribution in [1.82, 2.24) is 15.0 Å². The van der Waals surface area contributed by atoms with Crippen molar-refractivity contribution in [3.8, 4) is 0 Å². The van der Waals surface area contributed by atoms with Gasteiger partial charge in [-0.2, -0.15) is 4.72 Å². The molecule has 0 aliphatic carbocycles. The molecule has 1 amide bonds. The summed E-state index contributed by atoms with van der Waals surface area (Å²) in [5, 5.41) is 3.63. The molecule has 1 atom stereocenters. The molecule has 6 nitrogen and oxygen atoms in total. The Morgan fingerprint density at radius 1 is 1.00 bits per heavy atom. The van der Waals surface area contributed by atoms with Crippen molar-refractivity contribution < 1.29 is 17.6 Å². The van der Waals surface area contributed by atoms with Crippen LogP contribution < -0.4 is 10.0 Å². The van der Waals surface area contributed by atoms with Gasteiger partial charge in [0, 0.05) is 23.6 Å². The highest BCUT2D eigenvalue weighted by Gasteiger charge is 2.28. The van der Waals surface area contributed by atoms with Crippen LogP contribution in [0, 0.1) is 5.82 Å². The fourth-order valence-corrected chi connectivity index (χ4v) is 5.71. The molecule has 0 unspecified atom stereocenters. The predicted octanol–water partition coefficient (Wildman–Crippen LogP) is 4.86. The van der Waals surface area contributed by atoms with E-state index in [9.17, 15) is 17.6 Å². The molecule has 4 rings (SSSR count). The average molecular weight is 534 g/mol. The van der Waals surface area contributed by atoms with Gasteiger partial charge >= 0.3 is 0 Å². The van der Waals surface area contributed by atoms with Crippen LogP contribution in [-0.4, -0.2) is 31.9 Å². The lowest BCUT2D eigenvalue weighted by Gasteiger charge is -2.19. The molecule has 1 heterocycles. The van der Waals surface area contributed by atoms with Crippen molar-refractivity contribution in [3.63, 3.8) is 0 Å². The minimum Gasteiger partial charge on any atom is -0.361 e. The van der Waals surface area contributed by atoms with Gasteiger partial charge in [0.1, 0.15) is 16.8 Å². The number of benzene rings is 3. The van der Waals surface area contributed by atoms with Gasteiger partial charge in [-0.15, -0.1) is 0 Å². The zero-order chi connectivity index (χ0) is 25.0. The van der Waals surface area contributed by atoms with E-state index < -0.39 is 22.0 Å². The van der Waals surface area contributed by atoms with Gasteiger partial charge in [0.25, 0.3) is 0 Å². The van der Waals surface area contributed by atoms with Gasteiger partial charge in [-0.25, -0.2) is 12.8 Å². The van der Waals surface area contributed by atoms with E-state index in [1.165, 1.54) is 30.3 Å². The van der Waals surface area contributed by atoms with E-state index in [4.69, 9.17) is 23.2 Å². The highest BCUT2D eigenvalue weighted by atomic mass is 35.5. The number of H-pyrrole nitrogens is 1. The number of halogens is 3. The Morgan fingerprint density at radius 2 is 1.74 bits per heavy atom. The Morgan fingerprint density at radius 3 is 2.51 bits per heavy atom. The van der Waals surface area contributed by atoms with Crippen molar-refractivity contribution in [2.45, 2.75) is 23.8 Å². The summed E-state index contributed by atoms with van der Waals surface area (Å²) < 4.78 is 41.9. The van der Waals surface area contributed by atoms with Crippen LogP contribution in [0.4, 0.5) is 4.39 Å². The van der Waals surface area contributed by atoms with E-state index in [-0.39, 0.29) is 33.7 Å². The SMILES string of the molecule is O=C(NCCc1ccc(F)cc1)[C@H](Cc1c[nH]c2ccccc12)NS(=O)(=O)c1cccc(Cl)c1Cl. The average Bonchev–Trinajstić information content (AvgIpc) is 3.24. The third-order valence-corrected chi connectivity index (χ3v) is 7.99. The van der Waals surface area contributed by atoms with E-state index in [0.29, 0.717) is 6.42 Å². The molecule has 0 saturated carbocycles. The molecule has 0 saturated heterocycles. The van der Waals surface area contributed by atoms with Crippen LogP contribution in [0.15, 0.2) is 77.8 Å². The summed E-state index contributed by atoms with van der Waals surface area (Å²) >= 11 is 12.1. The summed E-state index contributed by atoms with van der Waals surface area (Å²) in [6.07, 6.45) is 2.31. The number of nitrogens with one attached hydrogen (secondary N) is 3. The second-order valence-corrected chi connectivity index (χ2v) is 10.4. The normalized spacial score (nSPS) is 12.5. The van der Waals surface area contributed by atoms with Crippen LogP contribution in [0.5, 0.6) is 0 Å². The Kier molecular flexibility index (Phi) is 7.76. The molecule has 0 aliphatic rings. The number of aromatic nitrogens is 1. The summed E-state index contributed by atoms with van der Waals surface area (Å²) in [7, 11) is -4.18. The molecule has 4 aromatic rings. The van der Waals surface area contributed by atoms with Gasteiger partial charge in [0.2, 0.25) is 15.9 Å². The summed E-state index contributed by atoms with van der Waals surface area (Å²) in [4.78, 5) is 16.1. The Labute approximate surface area is 212 Å². The van der Waals surface area contributed by atoms with E-state index in [0.717, 1.165) is 22.0 Å². The molecule has 3 aromatic carbocycles. The molecule has 0 bridgehead atoms. The van der Waals surface area contributed by atoms with Gasteiger partial charge in [0.05, 0.1) is 10.0 Å². The second-order valence-electron chi connectivity index (χ2n) is 7.96. The molecular formula is C25H22Cl2FN3O3S. The monoisotopic (exact) mass is 533 g/mol. The lowest BCUT2D eigenvalue weighted by atomic mass is 10.0. The largest absolute Gasteiger partial charge is 0.361 e. The molecule has 3 N–H and O–H groups in total. The topological polar surface area (TPSA) is 91.1 Å². The number of para-hydroxylation sites is 1. The molecule has 0 fully saturated rings. The van der Waals surface area contributed by atoms with Crippen molar-refractivity contribution in [3.05, 3.63) is 99.9 Å². The number of aromatic amines is 1. The Bertz CT molecular complexity index is 1460. The van der Waals surface area contributed by atoms with E-state index >= 15 is 0 Å². The molecule has 0 spiro atoms. The number of carbonyl (C=O) groups is 1. The third-order valence-electron chi connectivity index (χ3n) is 5.54. The van der Waals surface area contributed by atoms with Crippen LogP contribution in [-0.2, 0) is 27.7 Å². The first kappa shape index (κ1) is 25.2. The number of amides is 1. The van der Waals surface area contributed by atoms with Crippen LogP contribution in [0.1, 0.15) is 11.1 Å². The number of rotatable bonds is 9. The summed E-state index contributed by atoms with van der Waals surface area (Å²) in [6.45, 7) is 0.245. The fraction of sp³-hybridized carbons (Fsp3) is 0.160. The zero-order valence-corrected chi connectivity index (χ0v) is 20.7. The molecule has 1 aromatic heterocycles. The zero-order valence-electron chi connectivity index (χ0n) is 18.4. The van der Waals surface area contributed by atoms with Crippen LogP contribution in [0.2, 0.25) is 10.0 Å². The molecular weight excluding hydrogens is 512 g/mol. The smallest absolute Gasteiger partial charge is 0.242 e. The predicted molar refractivity (Wildman–Crippen MR) is 136 cm³/mol. The van der Waals surface area contributed by atoms with E-state index in [2.05, 4.69) is 15.0 Å². The van der Waals surface area contributed by atoms with Crippen molar-refractivity contribution >= 4 is 50.0 Å². The number of fused-ring (bicyclic) bond motifs is 1. The second kappa shape index (κ2) is 10.8. The molecule has 0 aliphatic heterocycles. The first-order valence-corrected chi connectivity index (χ1v) is 13.0. The molecule has 182 valence electrons. The lowest BCUT2D eigenvalue weighted by molar-refractivity contribution is -0.122. The van der Waals surface area contributed by atoms with Gasteiger partial charge in [0.15, 0.2) is 0 Å². The number of sulfonamides is 1. The Hall–Kier alpha value is -2.91. The highest BCUT2D eigenvalue weighted by molar-refractivity contribution is 7.89. The van der Waals surface area contributed by atoms with Crippen LogP contribution in [0.3, 0.4) is 0 Å². The fourth-order valence-electron chi connectivity index (χ4n) is 3.75. The standard InChI is InChI=1S/C25H22Cl2FN3O3S/c26-20-5-3-7-23(24(20)27)35(33,34)31-22(14-17-15-30-21-6-2-1-4-19(17)21)25(32)29-13-12-16-8-10-18(28)11-9-16/h1-11,15,22,30-31H,12-14H2,(H,29,32)/t22-/m0/s1. The summed E-state index contributed by atoms with van der Waals surface area (Å²) in [5.41, 5.74) is 2.49. The van der Waals surface area contributed by atoms with Gasteiger partial charge in [-0.3, -0.25) is 4.79 Å². The maximum Gasteiger partial charge on any atom is 0.242 e. The summed E-state index contributed by atoms with van der Waals surface area (Å²) in [6, 6.07) is 16.7. The summed E-state index contributed by atoms with van der Waals surface area (Å²) in [5.74, 6) is -0.843. The maximum absolute atomic E-state index is 13.2.